The van der Waals surface area contributed by atoms with E-state index in [1.807, 2.05) is 30.5 Å². The van der Waals surface area contributed by atoms with Crippen LogP contribution in [0, 0.1) is 5.92 Å². The minimum absolute atomic E-state index is 0. The number of nitrogens with one attached hydrogen (secondary N) is 2. The summed E-state index contributed by atoms with van der Waals surface area (Å²) in [4.78, 5) is 29.9. The number of benzene rings is 1. The fourth-order valence-corrected chi connectivity index (χ4v) is 3.72. The molecule has 2 aliphatic rings. The van der Waals surface area contributed by atoms with Crippen molar-refractivity contribution < 1.29 is 9.59 Å². The Balaban J connectivity index is 0.00000243. The fourth-order valence-electron chi connectivity index (χ4n) is 3.31. The van der Waals surface area contributed by atoms with Gasteiger partial charge in [0.25, 0.3) is 0 Å². The SMILES string of the molecule is CSc1ccc(N2CC(C(=O)NCCN3CCNCC3)CC2=O)cc1.Cl. The van der Waals surface area contributed by atoms with Crippen LogP contribution in [0.4, 0.5) is 5.69 Å². The molecule has 2 saturated heterocycles. The predicted molar refractivity (Wildman–Crippen MR) is 108 cm³/mol. The van der Waals surface area contributed by atoms with Crippen LogP contribution in [-0.2, 0) is 9.59 Å². The highest BCUT2D eigenvalue weighted by Gasteiger charge is 2.34. The highest BCUT2D eigenvalue weighted by Crippen LogP contribution is 2.27. The van der Waals surface area contributed by atoms with Crippen LogP contribution >= 0.6 is 24.2 Å². The van der Waals surface area contributed by atoms with Crippen molar-refractivity contribution >= 4 is 41.7 Å². The van der Waals surface area contributed by atoms with E-state index in [0.29, 0.717) is 19.5 Å². The first-order valence-electron chi connectivity index (χ1n) is 8.82. The van der Waals surface area contributed by atoms with Gasteiger partial charge in [-0.2, -0.15) is 0 Å². The quantitative estimate of drug-likeness (QED) is 0.705. The van der Waals surface area contributed by atoms with Crippen LogP contribution in [0.3, 0.4) is 0 Å². The smallest absolute Gasteiger partial charge is 0.227 e. The number of anilines is 1. The van der Waals surface area contributed by atoms with Crippen LogP contribution in [-0.4, -0.2) is 68.8 Å². The molecule has 0 bridgehead atoms. The second-order valence-corrected chi connectivity index (χ2v) is 7.37. The molecule has 1 aromatic carbocycles. The number of halogens is 1. The molecule has 0 spiro atoms. The van der Waals surface area contributed by atoms with Gasteiger partial charge in [0, 0.05) is 62.8 Å². The minimum atomic E-state index is -0.254. The van der Waals surface area contributed by atoms with Gasteiger partial charge in [0.1, 0.15) is 0 Å². The van der Waals surface area contributed by atoms with Crippen molar-refractivity contribution in [1.82, 2.24) is 15.5 Å². The number of piperazine rings is 1. The number of thioether (sulfide) groups is 1. The molecular weight excluding hydrogens is 372 g/mol. The maximum atomic E-state index is 12.4. The molecular formula is C18H27ClN4O2S. The van der Waals surface area contributed by atoms with E-state index >= 15 is 0 Å². The fraction of sp³-hybridized carbons (Fsp3) is 0.556. The molecule has 1 aromatic rings. The number of nitrogens with zero attached hydrogens (tertiary/aromatic N) is 2. The summed E-state index contributed by atoms with van der Waals surface area (Å²) < 4.78 is 0. The van der Waals surface area contributed by atoms with Gasteiger partial charge < -0.3 is 15.5 Å². The standard InChI is InChI=1S/C18H26N4O2S.ClH/c1-25-16-4-2-15(3-5-16)22-13-14(12-17(22)23)18(24)20-8-11-21-9-6-19-7-10-21;/h2-5,14,19H,6-13H2,1H3,(H,20,24);1H. The Morgan fingerprint density at radius 2 is 1.96 bits per heavy atom. The predicted octanol–water partition coefficient (Wildman–Crippen LogP) is 1.20. The number of amides is 2. The summed E-state index contributed by atoms with van der Waals surface area (Å²) in [6.07, 6.45) is 2.32. The van der Waals surface area contributed by atoms with Crippen molar-refractivity contribution in [2.24, 2.45) is 5.92 Å². The molecule has 1 unspecified atom stereocenters. The molecule has 3 rings (SSSR count). The van der Waals surface area contributed by atoms with Crippen molar-refractivity contribution in [3.8, 4) is 0 Å². The zero-order valence-corrected chi connectivity index (χ0v) is 16.7. The largest absolute Gasteiger partial charge is 0.355 e. The lowest BCUT2D eigenvalue weighted by atomic mass is 10.1. The molecule has 2 aliphatic heterocycles. The van der Waals surface area contributed by atoms with E-state index in [1.54, 1.807) is 16.7 Å². The van der Waals surface area contributed by atoms with Gasteiger partial charge in [0.05, 0.1) is 5.92 Å². The first kappa shape index (κ1) is 21.0. The number of rotatable bonds is 6. The molecule has 2 amide bonds. The number of carbonyl (C=O) groups is 2. The van der Waals surface area contributed by atoms with E-state index in [-0.39, 0.29) is 30.1 Å². The Morgan fingerprint density at radius 3 is 2.62 bits per heavy atom. The second kappa shape index (κ2) is 10.2. The zero-order valence-electron chi connectivity index (χ0n) is 15.1. The number of carbonyl (C=O) groups excluding carboxylic acids is 2. The molecule has 0 radical (unpaired) electrons. The van der Waals surface area contributed by atoms with Crippen molar-refractivity contribution in [1.29, 1.82) is 0 Å². The van der Waals surface area contributed by atoms with E-state index in [4.69, 9.17) is 0 Å². The third kappa shape index (κ3) is 5.36. The molecule has 2 N–H and O–H groups in total. The molecule has 26 heavy (non-hydrogen) atoms. The third-order valence-corrected chi connectivity index (χ3v) is 5.56. The molecule has 1 atom stereocenters. The molecule has 2 fully saturated rings. The van der Waals surface area contributed by atoms with Crippen LogP contribution in [0.2, 0.25) is 0 Å². The lowest BCUT2D eigenvalue weighted by molar-refractivity contribution is -0.126. The van der Waals surface area contributed by atoms with Gasteiger partial charge >= 0.3 is 0 Å². The summed E-state index contributed by atoms with van der Waals surface area (Å²) >= 11 is 1.67. The van der Waals surface area contributed by atoms with Crippen molar-refractivity contribution in [2.75, 3.05) is 57.0 Å². The molecule has 0 saturated carbocycles. The third-order valence-electron chi connectivity index (χ3n) is 4.82. The van der Waals surface area contributed by atoms with Crippen LogP contribution in [0.1, 0.15) is 6.42 Å². The van der Waals surface area contributed by atoms with Crippen LogP contribution in [0.5, 0.6) is 0 Å². The Hall–Kier alpha value is -1.28. The van der Waals surface area contributed by atoms with E-state index in [1.165, 1.54) is 0 Å². The van der Waals surface area contributed by atoms with Crippen molar-refractivity contribution in [3.05, 3.63) is 24.3 Å². The van der Waals surface area contributed by atoms with Gasteiger partial charge in [-0.15, -0.1) is 24.2 Å². The topological polar surface area (TPSA) is 64.7 Å². The summed E-state index contributed by atoms with van der Waals surface area (Å²) in [7, 11) is 0. The van der Waals surface area contributed by atoms with Crippen LogP contribution < -0.4 is 15.5 Å². The van der Waals surface area contributed by atoms with Crippen molar-refractivity contribution in [2.45, 2.75) is 11.3 Å². The first-order valence-corrected chi connectivity index (χ1v) is 10.0. The molecule has 144 valence electrons. The minimum Gasteiger partial charge on any atom is -0.355 e. The Labute approximate surface area is 165 Å². The van der Waals surface area contributed by atoms with E-state index in [9.17, 15) is 9.59 Å². The average molecular weight is 399 g/mol. The van der Waals surface area contributed by atoms with Gasteiger partial charge in [0.2, 0.25) is 11.8 Å². The number of hydrogen-bond acceptors (Lipinski definition) is 5. The Morgan fingerprint density at radius 1 is 1.27 bits per heavy atom. The second-order valence-electron chi connectivity index (χ2n) is 6.49. The molecule has 0 aromatic heterocycles. The zero-order chi connectivity index (χ0) is 17.6. The monoisotopic (exact) mass is 398 g/mol. The first-order chi connectivity index (χ1) is 12.2. The number of hydrogen-bond donors (Lipinski definition) is 2. The molecule has 2 heterocycles. The normalized spacial score (nSPS) is 20.7. The van der Waals surface area contributed by atoms with Gasteiger partial charge in [-0.1, -0.05) is 0 Å². The summed E-state index contributed by atoms with van der Waals surface area (Å²) in [6, 6.07) is 7.92. The van der Waals surface area contributed by atoms with Gasteiger partial charge in [0.15, 0.2) is 0 Å². The molecule has 6 nitrogen and oxygen atoms in total. The maximum absolute atomic E-state index is 12.4. The molecule has 8 heteroatoms. The lowest BCUT2D eigenvalue weighted by Crippen LogP contribution is -2.46. The van der Waals surface area contributed by atoms with E-state index in [0.717, 1.165) is 43.3 Å². The maximum Gasteiger partial charge on any atom is 0.227 e. The lowest BCUT2D eigenvalue weighted by Gasteiger charge is -2.27. The summed E-state index contributed by atoms with van der Waals surface area (Å²) in [6.45, 7) is 6.05. The highest BCUT2D eigenvalue weighted by molar-refractivity contribution is 7.98. The summed E-state index contributed by atoms with van der Waals surface area (Å²) in [5.41, 5.74) is 0.874. The van der Waals surface area contributed by atoms with Gasteiger partial charge in [-0.3, -0.25) is 14.5 Å². The van der Waals surface area contributed by atoms with Crippen LogP contribution in [0.25, 0.3) is 0 Å². The molecule has 0 aliphatic carbocycles. The van der Waals surface area contributed by atoms with Gasteiger partial charge in [-0.25, -0.2) is 0 Å². The summed E-state index contributed by atoms with van der Waals surface area (Å²) in [5, 5.41) is 6.32. The van der Waals surface area contributed by atoms with Gasteiger partial charge in [-0.05, 0) is 30.5 Å². The Bertz CT molecular complexity index is 608. The Kier molecular flexibility index (Phi) is 8.21. The van der Waals surface area contributed by atoms with Crippen molar-refractivity contribution in [3.63, 3.8) is 0 Å². The average Bonchev–Trinajstić information content (AvgIpc) is 3.04. The van der Waals surface area contributed by atoms with E-state index in [2.05, 4.69) is 15.5 Å². The highest BCUT2D eigenvalue weighted by atomic mass is 35.5. The summed E-state index contributed by atoms with van der Waals surface area (Å²) in [5.74, 6) is -0.235. The van der Waals surface area contributed by atoms with E-state index < -0.39 is 0 Å². The van der Waals surface area contributed by atoms with Crippen LogP contribution in [0.15, 0.2) is 29.2 Å².